The van der Waals surface area contributed by atoms with Gasteiger partial charge in [0.25, 0.3) is 0 Å². The number of nitrogens with zero attached hydrogens (tertiary/aromatic N) is 1. The number of fused-ring (bicyclic) bond motifs is 1. The van der Waals surface area contributed by atoms with Crippen LogP contribution in [-0.4, -0.2) is 35.0 Å². The lowest BCUT2D eigenvalue weighted by atomic mass is 10.1. The smallest absolute Gasteiger partial charge is 0.329 e. The molecular formula is C14H13NO3S. The van der Waals surface area contributed by atoms with Gasteiger partial charge in [-0.05, 0) is 34.9 Å². The van der Waals surface area contributed by atoms with Crippen LogP contribution >= 0.6 is 11.8 Å². The molecule has 0 bridgehead atoms. The summed E-state index contributed by atoms with van der Waals surface area (Å²) in [5.74, 6) is 0.528. The van der Waals surface area contributed by atoms with Crippen LogP contribution in [0.2, 0.25) is 0 Å². The molecule has 0 spiro atoms. The number of aliphatic imine (C=N–C) groups is 1. The molecule has 1 aliphatic heterocycles. The Morgan fingerprint density at radius 2 is 2.37 bits per heavy atom. The van der Waals surface area contributed by atoms with Crippen molar-refractivity contribution in [3.8, 4) is 5.75 Å². The predicted octanol–water partition coefficient (Wildman–Crippen LogP) is 2.23. The van der Waals surface area contributed by atoms with Crippen molar-refractivity contribution in [2.45, 2.75) is 12.5 Å². The second kappa shape index (κ2) is 4.74. The molecule has 1 heterocycles. The maximum absolute atomic E-state index is 10.9. The number of carbonyl (C=O) groups is 1. The predicted molar refractivity (Wildman–Crippen MR) is 76.0 cm³/mol. The summed E-state index contributed by atoms with van der Waals surface area (Å²) < 4.78 is 5.21. The minimum Gasteiger partial charge on any atom is -0.497 e. The van der Waals surface area contributed by atoms with Gasteiger partial charge in [0.05, 0.1) is 12.2 Å². The standard InChI is InChI=1S/C14H13NO3S/c1-18-11-3-2-8-4-10(5-9(8)6-11)13-15-12(7-19-13)14(16)17/h2-4,6,12H,5,7H2,1H3,(H,16,17). The van der Waals surface area contributed by atoms with Gasteiger partial charge in [-0.2, -0.15) is 0 Å². The summed E-state index contributed by atoms with van der Waals surface area (Å²) >= 11 is 1.53. The Labute approximate surface area is 115 Å². The van der Waals surface area contributed by atoms with E-state index in [4.69, 9.17) is 9.84 Å². The molecule has 1 unspecified atom stereocenters. The molecule has 0 aromatic heterocycles. The van der Waals surface area contributed by atoms with Crippen LogP contribution < -0.4 is 4.74 Å². The molecule has 0 saturated carbocycles. The Hall–Kier alpha value is -1.75. The van der Waals surface area contributed by atoms with Gasteiger partial charge < -0.3 is 9.84 Å². The molecule has 1 aromatic rings. The quantitative estimate of drug-likeness (QED) is 0.919. The molecule has 4 nitrogen and oxygen atoms in total. The van der Waals surface area contributed by atoms with E-state index in [9.17, 15) is 4.79 Å². The monoisotopic (exact) mass is 275 g/mol. The first-order valence-electron chi connectivity index (χ1n) is 5.98. The van der Waals surface area contributed by atoms with E-state index in [0.29, 0.717) is 5.75 Å². The van der Waals surface area contributed by atoms with Gasteiger partial charge in [-0.1, -0.05) is 6.07 Å². The van der Waals surface area contributed by atoms with Crippen LogP contribution in [0, 0.1) is 0 Å². The molecule has 1 aromatic carbocycles. The van der Waals surface area contributed by atoms with Crippen LogP contribution in [-0.2, 0) is 11.2 Å². The number of carboxylic acid groups (broad SMARTS) is 1. The number of ether oxygens (including phenoxy) is 1. The summed E-state index contributed by atoms with van der Waals surface area (Å²) in [7, 11) is 1.65. The summed E-state index contributed by atoms with van der Waals surface area (Å²) in [6.07, 6.45) is 2.88. The molecule has 0 fully saturated rings. The lowest BCUT2D eigenvalue weighted by molar-refractivity contribution is -0.137. The van der Waals surface area contributed by atoms with Crippen molar-refractivity contribution < 1.29 is 14.6 Å². The topological polar surface area (TPSA) is 58.9 Å². The second-order valence-electron chi connectivity index (χ2n) is 4.51. The first-order valence-corrected chi connectivity index (χ1v) is 6.97. The van der Waals surface area contributed by atoms with Gasteiger partial charge >= 0.3 is 5.97 Å². The van der Waals surface area contributed by atoms with E-state index in [0.717, 1.165) is 28.4 Å². The maximum Gasteiger partial charge on any atom is 0.329 e. The van der Waals surface area contributed by atoms with Crippen molar-refractivity contribution >= 4 is 28.9 Å². The fourth-order valence-electron chi connectivity index (χ4n) is 2.26. The number of thioether (sulfide) groups is 1. The van der Waals surface area contributed by atoms with Gasteiger partial charge in [-0.15, -0.1) is 11.8 Å². The largest absolute Gasteiger partial charge is 0.497 e. The van der Waals surface area contributed by atoms with Crippen molar-refractivity contribution in [2.75, 3.05) is 12.9 Å². The van der Waals surface area contributed by atoms with Crippen molar-refractivity contribution in [1.82, 2.24) is 0 Å². The highest BCUT2D eigenvalue weighted by Gasteiger charge is 2.28. The zero-order valence-electron chi connectivity index (χ0n) is 10.4. The number of carboxylic acids is 1. The Bertz CT molecular complexity index is 607. The molecule has 0 radical (unpaired) electrons. The number of rotatable bonds is 3. The summed E-state index contributed by atoms with van der Waals surface area (Å²) in [6, 6.07) is 5.38. The van der Waals surface area contributed by atoms with Crippen LogP contribution in [0.15, 0.2) is 28.8 Å². The molecule has 1 atom stereocenters. The molecule has 2 aliphatic rings. The SMILES string of the molecule is COc1ccc2c(c1)CC(C1=NC(C(=O)O)CS1)=C2. The lowest BCUT2D eigenvalue weighted by Gasteiger charge is -2.03. The average Bonchev–Trinajstić information content (AvgIpc) is 3.04. The summed E-state index contributed by atoms with van der Waals surface area (Å²) in [6.45, 7) is 0. The third-order valence-electron chi connectivity index (χ3n) is 3.27. The summed E-state index contributed by atoms with van der Waals surface area (Å²) in [5.41, 5.74) is 3.48. The Morgan fingerprint density at radius 1 is 1.53 bits per heavy atom. The van der Waals surface area contributed by atoms with E-state index in [-0.39, 0.29) is 0 Å². The fraction of sp³-hybridized carbons (Fsp3) is 0.286. The van der Waals surface area contributed by atoms with E-state index in [1.165, 1.54) is 17.3 Å². The number of hydrogen-bond donors (Lipinski definition) is 1. The molecule has 1 N–H and O–H groups in total. The van der Waals surface area contributed by atoms with Crippen LogP contribution in [0.3, 0.4) is 0 Å². The minimum atomic E-state index is -0.847. The normalized spacial score (nSPS) is 20.8. The first-order chi connectivity index (χ1) is 9.17. The highest BCUT2D eigenvalue weighted by Crippen LogP contribution is 2.33. The Morgan fingerprint density at radius 3 is 3.05 bits per heavy atom. The van der Waals surface area contributed by atoms with Crippen LogP contribution in [0.1, 0.15) is 11.1 Å². The molecule has 19 heavy (non-hydrogen) atoms. The zero-order chi connectivity index (χ0) is 13.4. The number of benzene rings is 1. The van der Waals surface area contributed by atoms with E-state index < -0.39 is 12.0 Å². The molecule has 98 valence electrons. The van der Waals surface area contributed by atoms with Crippen LogP contribution in [0.4, 0.5) is 0 Å². The van der Waals surface area contributed by atoms with Gasteiger partial charge in [-0.3, -0.25) is 4.99 Å². The van der Waals surface area contributed by atoms with E-state index >= 15 is 0 Å². The number of hydrogen-bond acceptors (Lipinski definition) is 4. The summed E-state index contributed by atoms with van der Waals surface area (Å²) in [4.78, 5) is 15.2. The van der Waals surface area contributed by atoms with Gasteiger partial charge in [0.15, 0.2) is 6.04 Å². The minimum absolute atomic E-state index is 0.529. The molecule has 3 rings (SSSR count). The zero-order valence-corrected chi connectivity index (χ0v) is 11.2. The molecular weight excluding hydrogens is 262 g/mol. The summed E-state index contributed by atoms with van der Waals surface area (Å²) in [5, 5.41) is 9.82. The van der Waals surface area contributed by atoms with Crippen LogP contribution in [0.5, 0.6) is 5.75 Å². The highest BCUT2D eigenvalue weighted by atomic mass is 32.2. The lowest BCUT2D eigenvalue weighted by Crippen LogP contribution is -2.17. The third-order valence-corrected chi connectivity index (χ3v) is 4.39. The van der Waals surface area contributed by atoms with Crippen molar-refractivity contribution in [3.05, 3.63) is 34.9 Å². The number of aliphatic carboxylic acids is 1. The molecule has 0 saturated heterocycles. The van der Waals surface area contributed by atoms with Crippen molar-refractivity contribution in [3.63, 3.8) is 0 Å². The Balaban J connectivity index is 1.83. The fourth-order valence-corrected chi connectivity index (χ4v) is 3.31. The van der Waals surface area contributed by atoms with Crippen molar-refractivity contribution in [2.24, 2.45) is 4.99 Å². The van der Waals surface area contributed by atoms with E-state index in [2.05, 4.69) is 11.1 Å². The molecule has 5 heteroatoms. The average molecular weight is 275 g/mol. The van der Waals surface area contributed by atoms with Gasteiger partial charge in [0.2, 0.25) is 0 Å². The van der Waals surface area contributed by atoms with Gasteiger partial charge in [0, 0.05) is 12.2 Å². The maximum atomic E-state index is 10.9. The second-order valence-corrected chi connectivity index (χ2v) is 5.52. The van der Waals surface area contributed by atoms with Crippen LogP contribution in [0.25, 0.3) is 6.08 Å². The van der Waals surface area contributed by atoms with E-state index in [1.54, 1.807) is 7.11 Å². The van der Waals surface area contributed by atoms with Crippen molar-refractivity contribution in [1.29, 1.82) is 0 Å². The Kier molecular flexibility index (Phi) is 3.06. The molecule has 1 aliphatic carbocycles. The first kappa shape index (κ1) is 12.3. The number of methoxy groups -OCH3 is 1. The molecule has 0 amide bonds. The van der Waals surface area contributed by atoms with E-state index in [1.807, 2.05) is 18.2 Å². The van der Waals surface area contributed by atoms with Gasteiger partial charge in [-0.25, -0.2) is 4.79 Å². The van der Waals surface area contributed by atoms with Gasteiger partial charge in [0.1, 0.15) is 5.75 Å². The third kappa shape index (κ3) is 2.26. The highest BCUT2D eigenvalue weighted by molar-refractivity contribution is 8.14.